The van der Waals surface area contributed by atoms with Crippen molar-refractivity contribution >= 4 is 34.1 Å². The SMILES string of the molecule is COC(=O)c1c(NC(=O)CN2CCN(CC(=O)N3CCCC3)CC2)sc2c1CCC(C)C2. The van der Waals surface area contributed by atoms with Crippen LogP contribution in [0.15, 0.2) is 0 Å². The van der Waals surface area contributed by atoms with Gasteiger partial charge in [0, 0.05) is 44.1 Å². The Morgan fingerprint density at radius 3 is 2.34 bits per heavy atom. The molecule has 0 spiro atoms. The van der Waals surface area contributed by atoms with Crippen LogP contribution in [0.5, 0.6) is 0 Å². The minimum atomic E-state index is -0.372. The molecule has 4 rings (SSSR count). The van der Waals surface area contributed by atoms with Crippen LogP contribution in [0, 0.1) is 5.92 Å². The van der Waals surface area contributed by atoms with Gasteiger partial charge in [0.2, 0.25) is 11.8 Å². The van der Waals surface area contributed by atoms with Crippen molar-refractivity contribution in [3.63, 3.8) is 0 Å². The molecule has 0 radical (unpaired) electrons. The summed E-state index contributed by atoms with van der Waals surface area (Å²) in [5.41, 5.74) is 1.59. The van der Waals surface area contributed by atoms with E-state index >= 15 is 0 Å². The predicted octanol–water partition coefficient (Wildman–Crippen LogP) is 1.84. The average molecular weight is 463 g/mol. The molecule has 1 atom stereocenters. The van der Waals surface area contributed by atoms with Gasteiger partial charge in [-0.2, -0.15) is 0 Å². The number of thiophene rings is 1. The van der Waals surface area contributed by atoms with Crippen LogP contribution >= 0.6 is 11.3 Å². The number of hydrogen-bond acceptors (Lipinski definition) is 7. The first-order valence-electron chi connectivity index (χ1n) is 11.7. The molecule has 1 unspecified atom stereocenters. The molecule has 2 saturated heterocycles. The molecule has 32 heavy (non-hydrogen) atoms. The number of likely N-dealkylation sites (tertiary alicyclic amines) is 1. The Morgan fingerprint density at radius 1 is 1.03 bits per heavy atom. The quantitative estimate of drug-likeness (QED) is 0.650. The predicted molar refractivity (Wildman–Crippen MR) is 124 cm³/mol. The van der Waals surface area contributed by atoms with Crippen molar-refractivity contribution in [2.24, 2.45) is 5.92 Å². The second-order valence-electron chi connectivity index (χ2n) is 9.24. The molecule has 0 saturated carbocycles. The third kappa shape index (κ3) is 5.32. The highest BCUT2D eigenvalue weighted by atomic mass is 32.1. The lowest BCUT2D eigenvalue weighted by molar-refractivity contribution is -0.132. The van der Waals surface area contributed by atoms with E-state index in [4.69, 9.17) is 4.74 Å². The van der Waals surface area contributed by atoms with Gasteiger partial charge in [0.1, 0.15) is 5.00 Å². The Bertz CT molecular complexity index is 856. The maximum atomic E-state index is 12.8. The highest BCUT2D eigenvalue weighted by Crippen LogP contribution is 2.40. The molecule has 3 aliphatic rings. The standard InChI is InChI=1S/C23H34N4O4S/c1-16-5-6-17-18(13-16)32-22(21(17)23(30)31-2)24-19(28)14-25-9-11-26(12-10-25)15-20(29)27-7-3-4-8-27/h16H,3-15H2,1-2H3,(H,24,28). The van der Waals surface area contributed by atoms with E-state index in [1.807, 2.05) is 4.90 Å². The van der Waals surface area contributed by atoms with E-state index in [1.165, 1.54) is 23.3 Å². The summed E-state index contributed by atoms with van der Waals surface area (Å²) in [6.45, 7) is 7.82. The number of methoxy groups -OCH3 is 1. The van der Waals surface area contributed by atoms with Crippen molar-refractivity contribution in [2.45, 2.75) is 39.0 Å². The highest BCUT2D eigenvalue weighted by molar-refractivity contribution is 7.17. The van der Waals surface area contributed by atoms with Gasteiger partial charge in [0.25, 0.3) is 0 Å². The molecule has 2 aliphatic heterocycles. The third-order valence-corrected chi connectivity index (χ3v) is 7.97. The fourth-order valence-electron chi connectivity index (χ4n) is 4.89. The van der Waals surface area contributed by atoms with Gasteiger partial charge in [-0.1, -0.05) is 6.92 Å². The van der Waals surface area contributed by atoms with E-state index in [-0.39, 0.29) is 24.3 Å². The zero-order valence-electron chi connectivity index (χ0n) is 19.2. The van der Waals surface area contributed by atoms with Gasteiger partial charge in [-0.3, -0.25) is 19.4 Å². The van der Waals surface area contributed by atoms with Gasteiger partial charge in [-0.05, 0) is 43.6 Å². The number of carbonyl (C=O) groups is 3. The second-order valence-corrected chi connectivity index (χ2v) is 10.3. The summed E-state index contributed by atoms with van der Waals surface area (Å²) in [4.78, 5) is 45.0. The topological polar surface area (TPSA) is 82.2 Å². The number of amides is 2. The normalized spacial score (nSPS) is 21.9. The number of carbonyl (C=O) groups excluding carboxylic acids is 3. The average Bonchev–Trinajstić information content (AvgIpc) is 3.42. The van der Waals surface area contributed by atoms with Gasteiger partial charge in [-0.15, -0.1) is 11.3 Å². The van der Waals surface area contributed by atoms with E-state index in [1.54, 1.807) is 0 Å². The Labute approximate surface area is 193 Å². The summed E-state index contributed by atoms with van der Waals surface area (Å²) in [6.07, 6.45) is 5.06. The van der Waals surface area contributed by atoms with Crippen molar-refractivity contribution in [1.29, 1.82) is 0 Å². The van der Waals surface area contributed by atoms with E-state index in [2.05, 4.69) is 22.0 Å². The fraction of sp³-hybridized carbons (Fsp3) is 0.696. The number of hydrogen-bond donors (Lipinski definition) is 1. The fourth-order valence-corrected chi connectivity index (χ4v) is 6.30. The monoisotopic (exact) mass is 462 g/mol. The number of nitrogens with one attached hydrogen (secondary N) is 1. The van der Waals surface area contributed by atoms with Crippen LogP contribution in [0.2, 0.25) is 0 Å². The molecule has 0 aromatic carbocycles. The highest BCUT2D eigenvalue weighted by Gasteiger charge is 2.29. The lowest BCUT2D eigenvalue weighted by Gasteiger charge is -2.34. The molecular weight excluding hydrogens is 428 g/mol. The van der Waals surface area contributed by atoms with Crippen molar-refractivity contribution in [3.05, 3.63) is 16.0 Å². The van der Waals surface area contributed by atoms with Crippen molar-refractivity contribution in [2.75, 3.05) is 64.8 Å². The molecule has 8 nitrogen and oxygen atoms in total. The van der Waals surface area contributed by atoms with Crippen LogP contribution in [0.1, 0.15) is 47.0 Å². The third-order valence-electron chi connectivity index (χ3n) is 6.80. The number of piperazine rings is 1. The lowest BCUT2D eigenvalue weighted by atomic mass is 9.88. The maximum Gasteiger partial charge on any atom is 0.341 e. The van der Waals surface area contributed by atoms with Crippen LogP contribution in [-0.4, -0.2) is 92.0 Å². The molecule has 9 heteroatoms. The minimum Gasteiger partial charge on any atom is -0.465 e. The van der Waals surface area contributed by atoms with Gasteiger partial charge in [-0.25, -0.2) is 4.79 Å². The molecule has 2 fully saturated rings. The van der Waals surface area contributed by atoms with Crippen LogP contribution in [0.3, 0.4) is 0 Å². The smallest absolute Gasteiger partial charge is 0.341 e. The molecule has 3 heterocycles. The summed E-state index contributed by atoms with van der Waals surface area (Å²) in [6, 6.07) is 0. The summed E-state index contributed by atoms with van der Waals surface area (Å²) in [5.74, 6) is 0.330. The van der Waals surface area contributed by atoms with E-state index in [9.17, 15) is 14.4 Å². The molecule has 1 aromatic rings. The Kier molecular flexibility index (Phi) is 7.48. The Morgan fingerprint density at radius 2 is 1.69 bits per heavy atom. The van der Waals surface area contributed by atoms with Gasteiger partial charge < -0.3 is 15.0 Å². The maximum absolute atomic E-state index is 12.8. The second kappa shape index (κ2) is 10.3. The molecule has 2 amide bonds. The van der Waals surface area contributed by atoms with Crippen LogP contribution in [0.4, 0.5) is 5.00 Å². The van der Waals surface area contributed by atoms with Crippen molar-refractivity contribution in [3.8, 4) is 0 Å². The van der Waals surface area contributed by atoms with Crippen molar-refractivity contribution in [1.82, 2.24) is 14.7 Å². The van der Waals surface area contributed by atoms with E-state index < -0.39 is 0 Å². The molecule has 1 aliphatic carbocycles. The Balaban J connectivity index is 1.30. The first-order chi connectivity index (χ1) is 15.4. The minimum absolute atomic E-state index is 0.108. The van der Waals surface area contributed by atoms with E-state index in [0.717, 1.165) is 76.9 Å². The van der Waals surface area contributed by atoms with Crippen LogP contribution in [-0.2, 0) is 27.2 Å². The molecule has 176 valence electrons. The molecule has 1 aromatic heterocycles. The van der Waals surface area contributed by atoms with Crippen LogP contribution < -0.4 is 5.32 Å². The molecule has 1 N–H and O–H groups in total. The largest absolute Gasteiger partial charge is 0.465 e. The van der Waals surface area contributed by atoms with Gasteiger partial charge in [0.05, 0.1) is 25.8 Å². The number of ether oxygens (including phenoxy) is 1. The number of anilines is 1. The Hall–Kier alpha value is -1.97. The number of rotatable bonds is 6. The van der Waals surface area contributed by atoms with Gasteiger partial charge in [0.15, 0.2) is 0 Å². The molecular formula is C23H34N4O4S. The summed E-state index contributed by atoms with van der Waals surface area (Å²) in [5, 5.41) is 3.61. The summed E-state index contributed by atoms with van der Waals surface area (Å²) >= 11 is 1.52. The van der Waals surface area contributed by atoms with Gasteiger partial charge >= 0.3 is 5.97 Å². The number of esters is 1. The zero-order chi connectivity index (χ0) is 22.7. The first-order valence-corrected chi connectivity index (χ1v) is 12.5. The summed E-state index contributed by atoms with van der Waals surface area (Å²) < 4.78 is 5.01. The summed E-state index contributed by atoms with van der Waals surface area (Å²) in [7, 11) is 1.39. The number of fused-ring (bicyclic) bond motifs is 1. The first kappa shape index (κ1) is 23.2. The number of nitrogens with zero attached hydrogens (tertiary/aromatic N) is 3. The van der Waals surface area contributed by atoms with E-state index in [0.29, 0.717) is 23.0 Å². The van der Waals surface area contributed by atoms with Crippen LogP contribution in [0.25, 0.3) is 0 Å². The lowest BCUT2D eigenvalue weighted by Crippen LogP contribution is -2.51. The molecule has 0 bridgehead atoms. The zero-order valence-corrected chi connectivity index (χ0v) is 20.0. The van der Waals surface area contributed by atoms with Crippen molar-refractivity contribution < 1.29 is 19.1 Å².